The van der Waals surface area contributed by atoms with Crippen molar-refractivity contribution in [1.29, 1.82) is 0 Å². The van der Waals surface area contributed by atoms with E-state index in [0.717, 1.165) is 30.6 Å². The topological polar surface area (TPSA) is 67.2 Å². The largest absolute Gasteiger partial charge is 0.354 e. The summed E-state index contributed by atoms with van der Waals surface area (Å²) in [6.07, 6.45) is 6.00. The Hall–Kier alpha value is -2.47. The molecule has 29 heavy (non-hydrogen) atoms. The molecule has 2 aromatic rings. The van der Waals surface area contributed by atoms with Crippen LogP contribution in [0.2, 0.25) is 0 Å². The quantitative estimate of drug-likeness (QED) is 0.697. The molecule has 1 aromatic carbocycles. The molecule has 0 saturated carbocycles. The van der Waals surface area contributed by atoms with E-state index in [1.54, 1.807) is 6.07 Å². The number of rotatable bonds is 8. The average Bonchev–Trinajstić information content (AvgIpc) is 2.73. The number of carbonyl (C=O) groups excluding carboxylic acids is 1. The van der Waals surface area contributed by atoms with Gasteiger partial charge in [0.05, 0.1) is 5.69 Å². The number of nitrogens with zero attached hydrogens (tertiary/aromatic N) is 3. The normalized spacial score (nSPS) is 17.2. The van der Waals surface area contributed by atoms with Crippen LogP contribution in [0.25, 0.3) is 11.3 Å². The lowest BCUT2D eigenvalue weighted by molar-refractivity contribution is -0.121. The van der Waals surface area contributed by atoms with Gasteiger partial charge in [-0.25, -0.2) is 4.68 Å². The third-order valence-electron chi connectivity index (χ3n) is 5.67. The van der Waals surface area contributed by atoms with Crippen molar-refractivity contribution in [3.63, 3.8) is 0 Å². The summed E-state index contributed by atoms with van der Waals surface area (Å²) in [5, 5.41) is 7.30. The van der Waals surface area contributed by atoms with Crippen molar-refractivity contribution in [2.75, 3.05) is 19.6 Å². The summed E-state index contributed by atoms with van der Waals surface area (Å²) < 4.78 is 1.24. The molecule has 6 heteroatoms. The minimum Gasteiger partial charge on any atom is -0.354 e. The molecule has 1 fully saturated rings. The Labute approximate surface area is 172 Å². The van der Waals surface area contributed by atoms with Crippen molar-refractivity contribution in [2.24, 2.45) is 0 Å². The second-order valence-corrected chi connectivity index (χ2v) is 7.88. The van der Waals surface area contributed by atoms with Gasteiger partial charge in [-0.2, -0.15) is 5.10 Å². The van der Waals surface area contributed by atoms with Crippen molar-refractivity contribution < 1.29 is 4.79 Å². The van der Waals surface area contributed by atoms with Gasteiger partial charge in [0.2, 0.25) is 5.91 Å². The Kier molecular flexibility index (Phi) is 7.58. The maximum atomic E-state index is 12.3. The second-order valence-electron chi connectivity index (χ2n) is 7.88. The fourth-order valence-electron chi connectivity index (χ4n) is 3.96. The highest BCUT2D eigenvalue weighted by molar-refractivity contribution is 5.75. The van der Waals surface area contributed by atoms with Crippen molar-refractivity contribution in [2.45, 2.75) is 58.5 Å². The van der Waals surface area contributed by atoms with Gasteiger partial charge in [-0.05, 0) is 45.2 Å². The van der Waals surface area contributed by atoms with E-state index >= 15 is 0 Å². The van der Waals surface area contributed by atoms with E-state index < -0.39 is 0 Å². The van der Waals surface area contributed by atoms with E-state index in [1.165, 1.54) is 36.4 Å². The summed E-state index contributed by atoms with van der Waals surface area (Å²) in [6, 6.07) is 11.8. The van der Waals surface area contributed by atoms with Crippen molar-refractivity contribution in [3.05, 3.63) is 52.3 Å². The number of benzene rings is 1. The molecule has 0 spiro atoms. The lowest BCUT2D eigenvalue weighted by Gasteiger charge is -2.35. The number of aryl methyl sites for hydroxylation is 1. The van der Waals surface area contributed by atoms with E-state index in [0.29, 0.717) is 18.3 Å². The first kappa shape index (κ1) is 21.2. The van der Waals surface area contributed by atoms with Crippen LogP contribution in [0.4, 0.5) is 0 Å². The number of carbonyl (C=O) groups is 1. The van der Waals surface area contributed by atoms with Crippen molar-refractivity contribution in [3.8, 4) is 11.3 Å². The second kappa shape index (κ2) is 10.3. The van der Waals surface area contributed by atoms with Crippen LogP contribution in [0.1, 0.15) is 44.6 Å². The van der Waals surface area contributed by atoms with E-state index in [-0.39, 0.29) is 18.0 Å². The predicted molar refractivity (Wildman–Crippen MR) is 116 cm³/mol. The van der Waals surface area contributed by atoms with E-state index in [9.17, 15) is 9.59 Å². The molecular weight excluding hydrogens is 364 g/mol. The number of hydrogen-bond acceptors (Lipinski definition) is 4. The molecule has 0 unspecified atom stereocenters. The summed E-state index contributed by atoms with van der Waals surface area (Å²) in [6.45, 7) is 7.02. The minimum absolute atomic E-state index is 0.0557. The number of piperidine rings is 1. The molecule has 1 atom stereocenters. The van der Waals surface area contributed by atoms with Gasteiger partial charge in [-0.1, -0.05) is 43.2 Å². The predicted octanol–water partition coefficient (Wildman–Crippen LogP) is 2.99. The van der Waals surface area contributed by atoms with Gasteiger partial charge in [0.1, 0.15) is 6.54 Å². The summed E-state index contributed by atoms with van der Waals surface area (Å²) in [7, 11) is 0. The Morgan fingerprint density at radius 3 is 2.72 bits per heavy atom. The Morgan fingerprint density at radius 2 is 1.97 bits per heavy atom. The number of nitrogens with one attached hydrogen (secondary N) is 1. The molecule has 1 amide bonds. The molecule has 0 bridgehead atoms. The van der Waals surface area contributed by atoms with E-state index in [1.807, 2.05) is 31.2 Å². The molecule has 1 aliphatic heterocycles. The molecule has 6 nitrogen and oxygen atoms in total. The Morgan fingerprint density at radius 1 is 1.17 bits per heavy atom. The molecule has 3 rings (SSSR count). The number of likely N-dealkylation sites (tertiary alicyclic amines) is 1. The summed E-state index contributed by atoms with van der Waals surface area (Å²) in [5.74, 6) is -0.175. The van der Waals surface area contributed by atoms with Gasteiger partial charge in [0.25, 0.3) is 5.56 Å². The van der Waals surface area contributed by atoms with Gasteiger partial charge >= 0.3 is 0 Å². The highest BCUT2D eigenvalue weighted by Crippen LogP contribution is 2.19. The van der Waals surface area contributed by atoms with E-state index in [2.05, 4.69) is 22.2 Å². The first-order valence-electron chi connectivity index (χ1n) is 10.7. The minimum atomic E-state index is -0.268. The molecule has 0 aliphatic carbocycles. The molecular formula is C23H32N4O2. The molecule has 1 aromatic heterocycles. The maximum absolute atomic E-state index is 12.3. The van der Waals surface area contributed by atoms with Gasteiger partial charge in [0.15, 0.2) is 0 Å². The van der Waals surface area contributed by atoms with Crippen LogP contribution in [0.5, 0.6) is 0 Å². The average molecular weight is 397 g/mol. The zero-order chi connectivity index (χ0) is 20.6. The van der Waals surface area contributed by atoms with Crippen LogP contribution >= 0.6 is 0 Å². The first-order chi connectivity index (χ1) is 14.1. The standard InChI is InChI=1S/C23H32N4O2/c1-3-20-7-4-5-15-26(20)16-6-14-24-22(28)17-27-23(29)13-12-21(25-27)19-10-8-18(2)9-11-19/h8-13,20H,3-7,14-17H2,1-2H3,(H,24,28)/t20-/m1/s1. The van der Waals surface area contributed by atoms with Crippen LogP contribution in [0, 0.1) is 6.92 Å². The fourth-order valence-corrected chi connectivity index (χ4v) is 3.96. The molecule has 0 radical (unpaired) electrons. The van der Waals surface area contributed by atoms with Crippen molar-refractivity contribution in [1.82, 2.24) is 20.0 Å². The van der Waals surface area contributed by atoms with Gasteiger partial charge in [-0.3, -0.25) is 9.59 Å². The first-order valence-corrected chi connectivity index (χ1v) is 10.7. The lowest BCUT2D eigenvalue weighted by atomic mass is 10.00. The third-order valence-corrected chi connectivity index (χ3v) is 5.67. The van der Waals surface area contributed by atoms with Gasteiger partial charge < -0.3 is 10.2 Å². The van der Waals surface area contributed by atoms with Crippen LogP contribution < -0.4 is 10.9 Å². The molecule has 1 N–H and O–H groups in total. The Bertz CT molecular complexity index is 860. The van der Waals surface area contributed by atoms with Crippen LogP contribution in [0.15, 0.2) is 41.2 Å². The number of hydrogen-bond donors (Lipinski definition) is 1. The highest BCUT2D eigenvalue weighted by Gasteiger charge is 2.19. The van der Waals surface area contributed by atoms with Crippen LogP contribution in [-0.2, 0) is 11.3 Å². The zero-order valence-electron chi connectivity index (χ0n) is 17.6. The maximum Gasteiger partial charge on any atom is 0.267 e. The summed E-state index contributed by atoms with van der Waals surface area (Å²) >= 11 is 0. The lowest BCUT2D eigenvalue weighted by Crippen LogP contribution is -2.41. The monoisotopic (exact) mass is 396 g/mol. The third kappa shape index (κ3) is 6.00. The molecule has 156 valence electrons. The van der Waals surface area contributed by atoms with Gasteiger partial charge in [0, 0.05) is 30.8 Å². The molecule has 2 heterocycles. The smallest absolute Gasteiger partial charge is 0.267 e. The zero-order valence-corrected chi connectivity index (χ0v) is 17.6. The molecule has 1 saturated heterocycles. The summed E-state index contributed by atoms with van der Waals surface area (Å²) in [5.41, 5.74) is 2.51. The SMILES string of the molecule is CC[C@@H]1CCCCN1CCCNC(=O)Cn1nc(-c2ccc(C)cc2)ccc1=O. The Balaban J connectivity index is 1.50. The number of amides is 1. The molecule has 1 aliphatic rings. The fraction of sp³-hybridized carbons (Fsp3) is 0.522. The van der Waals surface area contributed by atoms with Crippen LogP contribution in [0.3, 0.4) is 0 Å². The number of aromatic nitrogens is 2. The van der Waals surface area contributed by atoms with Gasteiger partial charge in [-0.15, -0.1) is 0 Å². The van der Waals surface area contributed by atoms with Crippen LogP contribution in [-0.4, -0.2) is 46.3 Å². The highest BCUT2D eigenvalue weighted by atomic mass is 16.2. The summed E-state index contributed by atoms with van der Waals surface area (Å²) in [4.78, 5) is 27.0. The van der Waals surface area contributed by atoms with E-state index in [4.69, 9.17) is 0 Å². The van der Waals surface area contributed by atoms with Crippen molar-refractivity contribution >= 4 is 5.91 Å².